The van der Waals surface area contributed by atoms with Gasteiger partial charge in [-0.1, -0.05) is 28.2 Å². The van der Waals surface area contributed by atoms with Crippen LogP contribution in [0.1, 0.15) is 71.4 Å². The Morgan fingerprint density at radius 2 is 1.32 bits per heavy atom. The van der Waals surface area contributed by atoms with Crippen molar-refractivity contribution in [3.8, 4) is 22.5 Å². The summed E-state index contributed by atoms with van der Waals surface area (Å²) in [5.74, 6) is -2.73. The molecule has 6 aromatic rings. The van der Waals surface area contributed by atoms with Gasteiger partial charge in [0.2, 0.25) is 0 Å². The predicted molar refractivity (Wildman–Crippen MR) is 213 cm³/mol. The topological polar surface area (TPSA) is 208 Å². The summed E-state index contributed by atoms with van der Waals surface area (Å²) < 4.78 is 29.4. The number of fused-ring (bicyclic) bond motifs is 5. The number of carboxylic acids is 2. The summed E-state index contributed by atoms with van der Waals surface area (Å²) >= 11 is 0. The number of halogens is 2. The van der Waals surface area contributed by atoms with E-state index in [2.05, 4.69) is 50.5 Å². The van der Waals surface area contributed by atoms with Gasteiger partial charge in [-0.2, -0.15) is 0 Å². The number of nitrogens with one attached hydrogen (secondary N) is 4. The average molecular weight is 783 g/mol. The van der Waals surface area contributed by atoms with Crippen molar-refractivity contribution in [3.63, 3.8) is 0 Å². The fourth-order valence-electron chi connectivity index (χ4n) is 8.10. The third kappa shape index (κ3) is 8.25. The van der Waals surface area contributed by atoms with E-state index in [4.69, 9.17) is 0 Å². The van der Waals surface area contributed by atoms with E-state index in [1.165, 1.54) is 24.8 Å². The molecule has 3 saturated carbocycles. The van der Waals surface area contributed by atoms with Crippen LogP contribution >= 0.6 is 0 Å². The molecular formula is C41H48F2N10O4. The predicted octanol–water partition coefficient (Wildman–Crippen LogP) is 8.17. The molecule has 14 nitrogen and oxygen atoms in total. The van der Waals surface area contributed by atoms with E-state index < -0.39 is 40.9 Å². The fourth-order valence-corrected chi connectivity index (χ4v) is 8.10. The number of aromatic amines is 2. The Morgan fingerprint density at radius 1 is 0.825 bits per heavy atom. The minimum Gasteiger partial charge on any atom is -0.481 e. The van der Waals surface area contributed by atoms with Crippen molar-refractivity contribution in [1.82, 2.24) is 39.9 Å². The van der Waals surface area contributed by atoms with Gasteiger partial charge in [-0.3, -0.25) is 9.59 Å². The van der Waals surface area contributed by atoms with Crippen molar-refractivity contribution < 1.29 is 28.6 Å². The fraction of sp³-hybridized carbons (Fsp3) is 0.415. The molecule has 3 fully saturated rings. The second-order valence-electron chi connectivity index (χ2n) is 15.8. The molecule has 16 heteroatoms. The smallest absolute Gasteiger partial charge is 0.308 e. The van der Waals surface area contributed by atoms with E-state index in [0.717, 1.165) is 47.6 Å². The SMILES string of the molecule is C.Cc1cc(F)c(NC(CC(=O)O)C(C)(C)C)nc1-c1c[nH]c2ncncc12.Cc1cc(F)c(N[C@H]2C3CCC(CC3)[C@@H]2C(=O)O)nc1-c1c[nH]c2ncncc12. The number of carbonyl (C=O) groups is 2. The highest BCUT2D eigenvalue weighted by Crippen LogP contribution is 2.46. The van der Waals surface area contributed by atoms with Gasteiger partial charge in [0.15, 0.2) is 23.3 Å². The molecule has 57 heavy (non-hydrogen) atoms. The highest BCUT2D eigenvalue weighted by molar-refractivity contribution is 5.93. The number of hydrogen-bond acceptors (Lipinski definition) is 10. The van der Waals surface area contributed by atoms with Gasteiger partial charge in [-0.15, -0.1) is 0 Å². The molecule has 0 radical (unpaired) electrons. The van der Waals surface area contributed by atoms with Crippen molar-refractivity contribution in [2.45, 2.75) is 86.2 Å². The van der Waals surface area contributed by atoms with Crippen molar-refractivity contribution >= 4 is 45.6 Å². The van der Waals surface area contributed by atoms with Crippen molar-refractivity contribution in [1.29, 1.82) is 0 Å². The molecule has 3 aliphatic rings. The number of hydrogen-bond donors (Lipinski definition) is 6. The molecule has 0 aliphatic heterocycles. The number of nitrogens with zero attached hydrogens (tertiary/aromatic N) is 6. The number of anilines is 2. The van der Waals surface area contributed by atoms with Crippen LogP contribution in [0.3, 0.4) is 0 Å². The van der Waals surface area contributed by atoms with Gasteiger partial charge in [-0.25, -0.2) is 38.7 Å². The number of H-pyrrole nitrogens is 2. The Labute approximate surface area is 328 Å². The summed E-state index contributed by atoms with van der Waals surface area (Å²) in [6.07, 6.45) is 13.5. The summed E-state index contributed by atoms with van der Waals surface area (Å²) in [7, 11) is 0. The van der Waals surface area contributed by atoms with E-state index in [-0.39, 0.29) is 43.4 Å². The maximum atomic E-state index is 14.8. The number of carboxylic acid groups (broad SMARTS) is 2. The van der Waals surface area contributed by atoms with E-state index in [1.54, 1.807) is 38.6 Å². The first-order chi connectivity index (χ1) is 26.7. The monoisotopic (exact) mass is 782 g/mol. The van der Waals surface area contributed by atoms with Crippen molar-refractivity contribution in [2.75, 3.05) is 10.6 Å². The van der Waals surface area contributed by atoms with Crippen LogP contribution in [0.15, 0.2) is 49.6 Å². The molecule has 3 aliphatic carbocycles. The first-order valence-corrected chi connectivity index (χ1v) is 18.6. The summed E-state index contributed by atoms with van der Waals surface area (Å²) in [6, 6.07) is 2.06. The molecule has 0 amide bonds. The number of aromatic nitrogens is 8. The van der Waals surface area contributed by atoms with Crippen LogP contribution in [-0.4, -0.2) is 74.1 Å². The molecule has 6 heterocycles. The van der Waals surface area contributed by atoms with Crippen LogP contribution in [0.4, 0.5) is 20.4 Å². The second kappa shape index (κ2) is 16.2. The van der Waals surface area contributed by atoms with Crippen molar-refractivity contribution in [3.05, 3.63) is 72.3 Å². The lowest BCUT2D eigenvalue weighted by Crippen LogP contribution is -2.51. The molecule has 300 valence electrons. The summed E-state index contributed by atoms with van der Waals surface area (Å²) in [5, 5.41) is 26.7. The normalized spacial score (nSPS) is 19.4. The number of aryl methyl sites for hydroxylation is 2. The van der Waals surface area contributed by atoms with Crippen LogP contribution in [0.25, 0.3) is 44.6 Å². The average Bonchev–Trinajstić information content (AvgIpc) is 3.78. The molecule has 9 rings (SSSR count). The molecule has 0 aromatic carbocycles. The molecular weight excluding hydrogens is 735 g/mol. The first-order valence-electron chi connectivity index (χ1n) is 18.6. The Kier molecular flexibility index (Phi) is 11.5. The number of rotatable bonds is 9. The minimum atomic E-state index is -0.955. The van der Waals surface area contributed by atoms with Gasteiger partial charge < -0.3 is 30.8 Å². The highest BCUT2D eigenvalue weighted by atomic mass is 19.1. The summed E-state index contributed by atoms with van der Waals surface area (Å²) in [4.78, 5) is 54.8. The highest BCUT2D eigenvalue weighted by Gasteiger charge is 2.47. The maximum absolute atomic E-state index is 14.8. The first kappa shape index (κ1) is 40.6. The zero-order valence-electron chi connectivity index (χ0n) is 31.7. The minimum absolute atomic E-state index is 0. The van der Waals surface area contributed by atoms with Gasteiger partial charge in [0.25, 0.3) is 0 Å². The second-order valence-corrected chi connectivity index (χ2v) is 15.8. The molecule has 0 spiro atoms. The molecule has 2 bridgehead atoms. The van der Waals surface area contributed by atoms with Crippen LogP contribution in [-0.2, 0) is 9.59 Å². The molecule has 0 saturated heterocycles. The molecule has 1 unspecified atom stereocenters. The standard InChI is InChI=1S/C21H22FN5O2.C19H22FN5O2.CH4/c1-10-6-15(22)20(26-17(10)13-8-24-19-14(13)7-23-9-25-19)27-18-12-4-2-11(3-5-12)16(18)21(28)29;1-10-5-13(20)18(24-14(6-15(26)27)19(2,3)4)25-16(10)11-8-22-17-12(11)7-21-9-23-17;/h6-9,11-12,16,18H,2-5H2,1H3,(H,26,27)(H,28,29)(H,23,24,25);5,7-9,14H,6H2,1-4H3,(H,24,25)(H,26,27)(H,21,22,23);1H4/t11?,12?,16-,18-;;/m0../s1. The van der Waals surface area contributed by atoms with E-state index in [1.807, 2.05) is 20.8 Å². The van der Waals surface area contributed by atoms with E-state index >= 15 is 0 Å². The largest absolute Gasteiger partial charge is 0.481 e. The van der Waals surface area contributed by atoms with Crippen LogP contribution in [0.5, 0.6) is 0 Å². The summed E-state index contributed by atoms with van der Waals surface area (Å²) in [6.45, 7) is 9.28. The van der Waals surface area contributed by atoms with Crippen molar-refractivity contribution in [2.24, 2.45) is 23.2 Å². The van der Waals surface area contributed by atoms with Crippen LogP contribution < -0.4 is 10.6 Å². The van der Waals surface area contributed by atoms with Crippen LogP contribution in [0.2, 0.25) is 0 Å². The Hall–Kier alpha value is -6.06. The number of pyridine rings is 2. The van der Waals surface area contributed by atoms with Gasteiger partial charge in [0, 0.05) is 58.8 Å². The third-order valence-corrected chi connectivity index (χ3v) is 11.1. The van der Waals surface area contributed by atoms with Gasteiger partial charge >= 0.3 is 11.9 Å². The lowest BCUT2D eigenvalue weighted by Gasteiger charge is -2.47. The van der Waals surface area contributed by atoms with Gasteiger partial charge in [0.1, 0.15) is 23.9 Å². The Morgan fingerprint density at radius 3 is 1.81 bits per heavy atom. The molecule has 3 atom stereocenters. The number of aliphatic carboxylic acids is 2. The zero-order valence-corrected chi connectivity index (χ0v) is 31.7. The third-order valence-electron chi connectivity index (χ3n) is 11.1. The molecule has 6 N–H and O–H groups in total. The lowest BCUT2D eigenvalue weighted by atomic mass is 9.61. The zero-order chi connectivity index (χ0) is 39.9. The maximum Gasteiger partial charge on any atom is 0.308 e. The molecule has 6 aromatic heterocycles. The van der Waals surface area contributed by atoms with Gasteiger partial charge in [0.05, 0.1) is 23.7 Å². The van der Waals surface area contributed by atoms with E-state index in [0.29, 0.717) is 33.8 Å². The Bertz CT molecular complexity index is 2420. The van der Waals surface area contributed by atoms with E-state index in [9.17, 15) is 28.6 Å². The quantitative estimate of drug-likeness (QED) is 0.0821. The summed E-state index contributed by atoms with van der Waals surface area (Å²) in [5.41, 5.74) is 5.07. The Balaban J connectivity index is 0.000000190. The van der Waals surface area contributed by atoms with Gasteiger partial charge in [-0.05, 0) is 80.0 Å². The van der Waals surface area contributed by atoms with Crippen LogP contribution in [0, 0.1) is 48.7 Å². The lowest BCUT2D eigenvalue weighted by molar-refractivity contribution is -0.148.